The van der Waals surface area contributed by atoms with Gasteiger partial charge < -0.3 is 15.5 Å². The smallest absolute Gasteiger partial charge is 0.191 e. The van der Waals surface area contributed by atoms with Crippen molar-refractivity contribution in [2.24, 2.45) is 4.99 Å². The largest absolute Gasteiger partial charge is 0.357 e. The highest BCUT2D eigenvalue weighted by molar-refractivity contribution is 5.79. The predicted molar refractivity (Wildman–Crippen MR) is 93.5 cm³/mol. The van der Waals surface area contributed by atoms with E-state index in [-0.39, 0.29) is 0 Å². The molecule has 6 nitrogen and oxygen atoms in total. The number of nitrogens with one attached hydrogen (secondary N) is 2. The van der Waals surface area contributed by atoms with E-state index in [1.165, 1.54) is 5.69 Å². The molecule has 0 unspecified atom stereocenters. The zero-order valence-corrected chi connectivity index (χ0v) is 14.8. The Morgan fingerprint density at radius 2 is 2.05 bits per heavy atom. The van der Waals surface area contributed by atoms with E-state index in [1.807, 2.05) is 6.92 Å². The van der Waals surface area contributed by atoms with Crippen molar-refractivity contribution in [1.82, 2.24) is 25.3 Å². The van der Waals surface area contributed by atoms with Gasteiger partial charge in [-0.1, -0.05) is 0 Å². The summed E-state index contributed by atoms with van der Waals surface area (Å²) in [6.45, 7) is 10.9. The molecule has 1 aromatic rings. The second-order valence-corrected chi connectivity index (χ2v) is 5.85. The van der Waals surface area contributed by atoms with Gasteiger partial charge in [-0.05, 0) is 60.3 Å². The van der Waals surface area contributed by atoms with E-state index in [9.17, 15) is 0 Å². The molecule has 0 amide bonds. The van der Waals surface area contributed by atoms with Crippen LogP contribution in [0.25, 0.3) is 0 Å². The Hall–Kier alpha value is -1.56. The maximum Gasteiger partial charge on any atom is 0.191 e. The molecule has 126 valence electrons. The van der Waals surface area contributed by atoms with Crippen LogP contribution in [0, 0.1) is 13.8 Å². The summed E-state index contributed by atoms with van der Waals surface area (Å²) in [6, 6.07) is 2.11. The second kappa shape index (κ2) is 10.2. The zero-order chi connectivity index (χ0) is 16.4. The fourth-order valence-electron chi connectivity index (χ4n) is 2.26. The minimum absolute atomic E-state index is 0.807. The van der Waals surface area contributed by atoms with Crippen molar-refractivity contribution < 1.29 is 0 Å². The Morgan fingerprint density at radius 3 is 2.64 bits per heavy atom. The predicted octanol–water partition coefficient (Wildman–Crippen LogP) is 1.40. The number of aliphatic imine (C=N–C) groups is 1. The SMILES string of the molecule is CCNC(=NCCCn1nc(C)cc1C)NCCCN(C)C. The van der Waals surface area contributed by atoms with E-state index in [0.29, 0.717) is 0 Å². The fraction of sp³-hybridized carbons (Fsp3) is 0.750. The van der Waals surface area contributed by atoms with Crippen molar-refractivity contribution >= 4 is 5.96 Å². The molecule has 1 aromatic heterocycles. The van der Waals surface area contributed by atoms with Gasteiger partial charge in [-0.15, -0.1) is 0 Å². The Balaban J connectivity index is 2.30. The van der Waals surface area contributed by atoms with Gasteiger partial charge in [-0.2, -0.15) is 5.10 Å². The van der Waals surface area contributed by atoms with E-state index < -0.39 is 0 Å². The maximum absolute atomic E-state index is 4.62. The molecule has 0 aliphatic rings. The molecule has 0 saturated heterocycles. The van der Waals surface area contributed by atoms with E-state index in [2.05, 4.69) is 64.3 Å². The Labute approximate surface area is 135 Å². The first kappa shape index (κ1) is 18.5. The monoisotopic (exact) mass is 308 g/mol. The molecule has 1 rings (SSSR count). The standard InChI is InChI=1S/C16H32N6/c1-6-17-16(18-9-7-11-21(4)5)19-10-8-12-22-15(3)13-14(2)20-22/h13H,6-12H2,1-5H3,(H2,17,18,19). The van der Waals surface area contributed by atoms with E-state index in [0.717, 1.165) is 57.2 Å². The summed E-state index contributed by atoms with van der Waals surface area (Å²) in [5, 5.41) is 11.1. The van der Waals surface area contributed by atoms with Crippen LogP contribution in [-0.4, -0.2) is 60.9 Å². The van der Waals surface area contributed by atoms with Crippen molar-refractivity contribution in [3.8, 4) is 0 Å². The van der Waals surface area contributed by atoms with Gasteiger partial charge in [0.1, 0.15) is 0 Å². The molecular formula is C16H32N6. The summed E-state index contributed by atoms with van der Waals surface area (Å²) in [7, 11) is 4.19. The van der Waals surface area contributed by atoms with Gasteiger partial charge in [-0.3, -0.25) is 9.67 Å². The summed E-state index contributed by atoms with van der Waals surface area (Å²) >= 11 is 0. The van der Waals surface area contributed by atoms with Crippen LogP contribution < -0.4 is 10.6 Å². The zero-order valence-electron chi connectivity index (χ0n) is 14.8. The van der Waals surface area contributed by atoms with Crippen LogP contribution in [-0.2, 0) is 6.54 Å². The molecule has 0 aliphatic carbocycles. The highest BCUT2D eigenvalue weighted by atomic mass is 15.3. The van der Waals surface area contributed by atoms with Crippen molar-refractivity contribution in [3.63, 3.8) is 0 Å². The number of guanidine groups is 1. The molecule has 2 N–H and O–H groups in total. The third-order valence-corrected chi connectivity index (χ3v) is 3.32. The molecule has 0 atom stereocenters. The summed E-state index contributed by atoms with van der Waals surface area (Å²) < 4.78 is 2.06. The highest BCUT2D eigenvalue weighted by Gasteiger charge is 2.01. The first-order valence-electron chi connectivity index (χ1n) is 8.21. The molecule has 0 fully saturated rings. The number of hydrogen-bond acceptors (Lipinski definition) is 3. The molecule has 22 heavy (non-hydrogen) atoms. The van der Waals surface area contributed by atoms with Crippen molar-refractivity contribution in [1.29, 1.82) is 0 Å². The number of aromatic nitrogens is 2. The van der Waals surface area contributed by atoms with Crippen LogP contribution in [0.4, 0.5) is 0 Å². The van der Waals surface area contributed by atoms with Crippen LogP contribution in [0.1, 0.15) is 31.2 Å². The molecule has 1 heterocycles. The molecule has 0 spiro atoms. The van der Waals surface area contributed by atoms with E-state index >= 15 is 0 Å². The van der Waals surface area contributed by atoms with E-state index in [1.54, 1.807) is 0 Å². The van der Waals surface area contributed by atoms with Gasteiger partial charge >= 0.3 is 0 Å². The molecule has 0 aliphatic heterocycles. The number of nitrogens with zero attached hydrogens (tertiary/aromatic N) is 4. The lowest BCUT2D eigenvalue weighted by atomic mass is 10.4. The van der Waals surface area contributed by atoms with Crippen LogP contribution in [0.3, 0.4) is 0 Å². The molecule has 0 aromatic carbocycles. The molecule has 6 heteroatoms. The lowest BCUT2D eigenvalue weighted by molar-refractivity contribution is 0.399. The Morgan fingerprint density at radius 1 is 1.27 bits per heavy atom. The summed E-state index contributed by atoms with van der Waals surface area (Å²) in [6.07, 6.45) is 2.11. The third kappa shape index (κ3) is 7.45. The minimum Gasteiger partial charge on any atom is -0.357 e. The Kier molecular flexibility index (Phi) is 8.58. The van der Waals surface area contributed by atoms with Crippen molar-refractivity contribution in [3.05, 3.63) is 17.5 Å². The molecular weight excluding hydrogens is 276 g/mol. The van der Waals surface area contributed by atoms with Crippen LogP contribution in [0.15, 0.2) is 11.1 Å². The van der Waals surface area contributed by atoms with E-state index in [4.69, 9.17) is 0 Å². The molecule has 0 radical (unpaired) electrons. The van der Waals surface area contributed by atoms with Gasteiger partial charge in [0, 0.05) is 31.9 Å². The summed E-state index contributed by atoms with van der Waals surface area (Å²) in [4.78, 5) is 6.82. The van der Waals surface area contributed by atoms with Gasteiger partial charge in [0.2, 0.25) is 0 Å². The minimum atomic E-state index is 0.807. The Bertz CT molecular complexity index is 449. The summed E-state index contributed by atoms with van der Waals surface area (Å²) in [5.74, 6) is 0.912. The van der Waals surface area contributed by atoms with Gasteiger partial charge in [0.15, 0.2) is 5.96 Å². The van der Waals surface area contributed by atoms with Crippen molar-refractivity contribution in [2.45, 2.75) is 40.2 Å². The van der Waals surface area contributed by atoms with Crippen LogP contribution >= 0.6 is 0 Å². The normalized spacial score (nSPS) is 12.0. The summed E-state index contributed by atoms with van der Waals surface area (Å²) in [5.41, 5.74) is 2.30. The van der Waals surface area contributed by atoms with Gasteiger partial charge in [-0.25, -0.2) is 0 Å². The average molecular weight is 308 g/mol. The van der Waals surface area contributed by atoms with Crippen molar-refractivity contribution in [2.75, 3.05) is 40.3 Å². The molecule has 0 saturated carbocycles. The maximum atomic E-state index is 4.62. The first-order chi connectivity index (χ1) is 10.5. The lowest BCUT2D eigenvalue weighted by Crippen LogP contribution is -2.38. The topological polar surface area (TPSA) is 57.5 Å². The van der Waals surface area contributed by atoms with Gasteiger partial charge in [0.05, 0.1) is 5.69 Å². The quantitative estimate of drug-likeness (QED) is 0.411. The van der Waals surface area contributed by atoms with Crippen LogP contribution in [0.2, 0.25) is 0 Å². The first-order valence-corrected chi connectivity index (χ1v) is 8.21. The lowest BCUT2D eigenvalue weighted by Gasteiger charge is -2.13. The number of aryl methyl sites for hydroxylation is 3. The average Bonchev–Trinajstić information content (AvgIpc) is 2.77. The number of hydrogen-bond donors (Lipinski definition) is 2. The fourth-order valence-corrected chi connectivity index (χ4v) is 2.26. The van der Waals surface area contributed by atoms with Crippen LogP contribution in [0.5, 0.6) is 0 Å². The number of rotatable bonds is 9. The third-order valence-electron chi connectivity index (χ3n) is 3.32. The molecule has 0 bridgehead atoms. The second-order valence-electron chi connectivity index (χ2n) is 5.85. The highest BCUT2D eigenvalue weighted by Crippen LogP contribution is 2.02. The van der Waals surface area contributed by atoms with Gasteiger partial charge in [0.25, 0.3) is 0 Å².